The summed E-state index contributed by atoms with van der Waals surface area (Å²) < 4.78 is 38.4. The molecule has 8 heteroatoms. The molecule has 1 aromatic carbocycles. The van der Waals surface area contributed by atoms with Crippen LogP contribution in [0.25, 0.3) is 0 Å². The average Bonchev–Trinajstić information content (AvgIpc) is 3.02. The normalized spacial score (nSPS) is 18.3. The molecule has 1 saturated heterocycles. The fourth-order valence-corrected chi connectivity index (χ4v) is 3.60. The predicted molar refractivity (Wildman–Crippen MR) is 106 cm³/mol. The second-order valence-electron chi connectivity index (χ2n) is 7.61. The summed E-state index contributed by atoms with van der Waals surface area (Å²) in [5.74, 6) is -0.763. The molecule has 1 heterocycles. The predicted octanol–water partition coefficient (Wildman–Crippen LogP) is 4.19. The summed E-state index contributed by atoms with van der Waals surface area (Å²) in [6, 6.07) is 4.76. The van der Waals surface area contributed by atoms with Gasteiger partial charge in [-0.15, -0.1) is 0 Å². The summed E-state index contributed by atoms with van der Waals surface area (Å²) in [6.07, 6.45) is 2.26. The van der Waals surface area contributed by atoms with Gasteiger partial charge in [-0.05, 0) is 30.9 Å². The van der Waals surface area contributed by atoms with Crippen LogP contribution in [-0.2, 0) is 22.2 Å². The maximum atomic E-state index is 12.8. The molecule has 0 bridgehead atoms. The number of hydrogen-bond acceptors (Lipinski definition) is 3. The smallest absolute Gasteiger partial charge is 0.416 e. The van der Waals surface area contributed by atoms with E-state index < -0.39 is 23.8 Å². The van der Waals surface area contributed by atoms with Gasteiger partial charge in [0.2, 0.25) is 5.91 Å². The van der Waals surface area contributed by atoms with Crippen molar-refractivity contribution in [2.24, 2.45) is 0 Å². The summed E-state index contributed by atoms with van der Waals surface area (Å²) in [7, 11) is 0. The molecule has 1 amide bonds. The van der Waals surface area contributed by atoms with Gasteiger partial charge >= 0.3 is 12.1 Å². The first-order valence-corrected chi connectivity index (χ1v) is 10.2. The van der Waals surface area contributed by atoms with Crippen LogP contribution >= 0.6 is 0 Å². The number of alkyl halides is 3. The third-order valence-electron chi connectivity index (χ3n) is 5.17. The van der Waals surface area contributed by atoms with E-state index >= 15 is 0 Å². The molecule has 0 aromatic heterocycles. The van der Waals surface area contributed by atoms with Crippen LogP contribution in [0.3, 0.4) is 0 Å². The van der Waals surface area contributed by atoms with E-state index in [1.807, 2.05) is 0 Å². The molecule has 1 aliphatic rings. The Morgan fingerprint density at radius 1 is 1.23 bits per heavy atom. The lowest BCUT2D eigenvalue weighted by molar-refractivity contribution is -0.138. The van der Waals surface area contributed by atoms with Gasteiger partial charge in [-0.2, -0.15) is 13.2 Å². The van der Waals surface area contributed by atoms with Crippen LogP contribution in [0.15, 0.2) is 36.4 Å². The van der Waals surface area contributed by atoms with Crippen LogP contribution < -0.4 is 0 Å². The maximum Gasteiger partial charge on any atom is 0.416 e. The lowest BCUT2D eigenvalue weighted by Gasteiger charge is -2.22. The zero-order chi connectivity index (χ0) is 22.1. The van der Waals surface area contributed by atoms with Crippen LogP contribution in [0.1, 0.15) is 56.1 Å². The van der Waals surface area contributed by atoms with E-state index in [4.69, 9.17) is 5.11 Å². The van der Waals surface area contributed by atoms with Crippen LogP contribution in [0.4, 0.5) is 13.2 Å². The van der Waals surface area contributed by atoms with Crippen molar-refractivity contribution in [1.29, 1.82) is 0 Å². The van der Waals surface area contributed by atoms with Crippen molar-refractivity contribution >= 4 is 11.9 Å². The van der Waals surface area contributed by atoms with Crippen LogP contribution in [0.2, 0.25) is 0 Å². The van der Waals surface area contributed by atoms with Gasteiger partial charge < -0.3 is 15.1 Å². The molecule has 2 rings (SSSR count). The second-order valence-corrected chi connectivity index (χ2v) is 7.61. The van der Waals surface area contributed by atoms with Gasteiger partial charge in [0.15, 0.2) is 0 Å². The SMILES string of the molecule is O=C(O)CCCCCCN1C(=O)CC[C@H]1C=C[C@H](O)Cc1cccc(C(F)(F)F)c1. The van der Waals surface area contributed by atoms with Gasteiger partial charge in [-0.3, -0.25) is 9.59 Å². The highest BCUT2D eigenvalue weighted by Gasteiger charge is 2.30. The van der Waals surface area contributed by atoms with Gasteiger partial charge in [0.25, 0.3) is 0 Å². The minimum absolute atomic E-state index is 0.0440. The van der Waals surface area contributed by atoms with E-state index in [2.05, 4.69) is 0 Å². The van der Waals surface area contributed by atoms with Crippen molar-refractivity contribution in [3.63, 3.8) is 0 Å². The van der Waals surface area contributed by atoms with Crippen molar-refractivity contribution in [2.75, 3.05) is 6.54 Å². The van der Waals surface area contributed by atoms with E-state index in [9.17, 15) is 27.9 Å². The molecule has 0 unspecified atom stereocenters. The molecule has 1 fully saturated rings. The highest BCUT2D eigenvalue weighted by Crippen LogP contribution is 2.30. The van der Waals surface area contributed by atoms with Crippen molar-refractivity contribution in [3.8, 4) is 0 Å². The number of carbonyl (C=O) groups is 2. The van der Waals surface area contributed by atoms with E-state index in [0.717, 1.165) is 31.4 Å². The van der Waals surface area contributed by atoms with Crippen LogP contribution in [0, 0.1) is 0 Å². The summed E-state index contributed by atoms with van der Waals surface area (Å²) in [5.41, 5.74) is -0.352. The Labute approximate surface area is 174 Å². The number of carbonyl (C=O) groups excluding carboxylic acids is 1. The number of aliphatic hydroxyl groups is 1. The number of amides is 1. The fraction of sp³-hybridized carbons (Fsp3) is 0.545. The number of likely N-dealkylation sites (tertiary alicyclic amines) is 1. The van der Waals surface area contributed by atoms with Crippen molar-refractivity contribution in [2.45, 2.75) is 69.7 Å². The highest BCUT2D eigenvalue weighted by molar-refractivity contribution is 5.79. The van der Waals surface area contributed by atoms with Crippen molar-refractivity contribution < 1.29 is 33.0 Å². The summed E-state index contributed by atoms with van der Waals surface area (Å²) in [4.78, 5) is 24.4. The molecule has 0 aliphatic carbocycles. The molecule has 1 aliphatic heterocycles. The Bertz CT molecular complexity index is 748. The quantitative estimate of drug-likeness (QED) is 0.410. The topological polar surface area (TPSA) is 77.8 Å². The Kier molecular flexibility index (Phi) is 8.89. The minimum atomic E-state index is -4.42. The lowest BCUT2D eigenvalue weighted by atomic mass is 10.0. The van der Waals surface area contributed by atoms with E-state index in [-0.39, 0.29) is 24.8 Å². The molecule has 2 N–H and O–H groups in total. The molecule has 0 saturated carbocycles. The highest BCUT2D eigenvalue weighted by atomic mass is 19.4. The Morgan fingerprint density at radius 3 is 2.67 bits per heavy atom. The minimum Gasteiger partial charge on any atom is -0.481 e. The zero-order valence-electron chi connectivity index (χ0n) is 16.8. The van der Waals surface area contributed by atoms with Crippen LogP contribution in [0.5, 0.6) is 0 Å². The Morgan fingerprint density at radius 2 is 1.97 bits per heavy atom. The molecule has 2 atom stereocenters. The molecule has 0 spiro atoms. The third kappa shape index (κ3) is 7.82. The van der Waals surface area contributed by atoms with E-state index in [0.29, 0.717) is 31.4 Å². The monoisotopic (exact) mass is 427 g/mol. The standard InChI is InChI=1S/C22H28F3NO4/c23-22(24,25)17-7-5-6-16(14-17)15-19(27)11-9-18-10-12-20(28)26(18)13-4-2-1-3-8-21(29)30/h5-7,9,11,14,18-19,27H,1-4,8,10,12-13,15H2,(H,29,30)/t18-,19+/m1/s1. The third-order valence-corrected chi connectivity index (χ3v) is 5.17. The molecule has 5 nitrogen and oxygen atoms in total. The van der Waals surface area contributed by atoms with Gasteiger partial charge in [-0.25, -0.2) is 0 Å². The van der Waals surface area contributed by atoms with Crippen molar-refractivity contribution in [1.82, 2.24) is 4.90 Å². The fourth-order valence-electron chi connectivity index (χ4n) is 3.60. The number of nitrogens with zero attached hydrogens (tertiary/aromatic N) is 1. The number of unbranched alkanes of at least 4 members (excludes halogenated alkanes) is 3. The second kappa shape index (κ2) is 11.2. The number of rotatable bonds is 11. The van der Waals surface area contributed by atoms with Crippen molar-refractivity contribution in [3.05, 3.63) is 47.5 Å². The molecule has 0 radical (unpaired) electrons. The first kappa shape index (κ1) is 23.9. The van der Waals surface area contributed by atoms with E-state index in [1.54, 1.807) is 23.1 Å². The maximum absolute atomic E-state index is 12.8. The number of carboxylic acids is 1. The Hall–Kier alpha value is -2.35. The van der Waals surface area contributed by atoms with Gasteiger partial charge in [0.1, 0.15) is 0 Å². The van der Waals surface area contributed by atoms with E-state index in [1.165, 1.54) is 6.07 Å². The van der Waals surface area contributed by atoms with Crippen LogP contribution in [-0.4, -0.2) is 45.7 Å². The molecular weight excluding hydrogens is 399 g/mol. The number of benzene rings is 1. The van der Waals surface area contributed by atoms with Gasteiger partial charge in [0, 0.05) is 25.8 Å². The average molecular weight is 427 g/mol. The zero-order valence-corrected chi connectivity index (χ0v) is 16.8. The number of carboxylic acid groups (broad SMARTS) is 1. The largest absolute Gasteiger partial charge is 0.481 e. The number of aliphatic carboxylic acids is 1. The summed E-state index contributed by atoms with van der Waals surface area (Å²) >= 11 is 0. The lowest BCUT2D eigenvalue weighted by Crippen LogP contribution is -2.32. The Balaban J connectivity index is 1.83. The molecule has 166 valence electrons. The van der Waals surface area contributed by atoms with Gasteiger partial charge in [-0.1, -0.05) is 43.2 Å². The molecular formula is C22H28F3NO4. The molecule has 30 heavy (non-hydrogen) atoms. The first-order valence-electron chi connectivity index (χ1n) is 10.2. The summed E-state index contributed by atoms with van der Waals surface area (Å²) in [6.45, 7) is 0.574. The first-order chi connectivity index (χ1) is 14.2. The number of halogens is 3. The molecule has 1 aromatic rings. The summed E-state index contributed by atoms with van der Waals surface area (Å²) in [5, 5.41) is 18.8. The van der Waals surface area contributed by atoms with Gasteiger partial charge in [0.05, 0.1) is 17.7 Å². The number of hydrogen-bond donors (Lipinski definition) is 2. The number of aliphatic hydroxyl groups excluding tert-OH is 1.